The van der Waals surface area contributed by atoms with E-state index in [0.717, 1.165) is 24.7 Å². The van der Waals surface area contributed by atoms with E-state index in [4.69, 9.17) is 0 Å². The van der Waals surface area contributed by atoms with E-state index in [1.807, 2.05) is 0 Å². The van der Waals surface area contributed by atoms with E-state index in [2.05, 4.69) is 57.0 Å². The lowest BCUT2D eigenvalue weighted by Gasteiger charge is -2.22. The fourth-order valence-corrected chi connectivity index (χ4v) is 3.54. The first-order valence-corrected chi connectivity index (χ1v) is 10.4. The number of rotatable bonds is 8. The monoisotopic (exact) mass is 538 g/mol. The van der Waals surface area contributed by atoms with E-state index in [-0.39, 0.29) is 35.7 Å². The second kappa shape index (κ2) is 12.3. The lowest BCUT2D eigenvalue weighted by atomic mass is 10.1. The van der Waals surface area contributed by atoms with Gasteiger partial charge in [0, 0.05) is 56.7 Å². The second-order valence-corrected chi connectivity index (χ2v) is 7.38. The Hall–Kier alpha value is -2.56. The summed E-state index contributed by atoms with van der Waals surface area (Å²) in [4.78, 5) is 17.1. The average Bonchev–Trinajstić information content (AvgIpc) is 3.31. The van der Waals surface area contributed by atoms with Crippen LogP contribution >= 0.6 is 24.0 Å². The number of anilines is 2. The highest BCUT2D eigenvalue weighted by Crippen LogP contribution is 2.24. The van der Waals surface area contributed by atoms with Crippen LogP contribution in [0.3, 0.4) is 0 Å². The molecule has 9 heteroatoms. The Morgan fingerprint density at radius 3 is 2.52 bits per heavy atom. The van der Waals surface area contributed by atoms with Gasteiger partial charge >= 0.3 is 0 Å². The van der Waals surface area contributed by atoms with Crippen LogP contribution in [0.4, 0.5) is 17.1 Å². The zero-order valence-corrected chi connectivity index (χ0v) is 20.3. The molecule has 0 bridgehead atoms. The third-order valence-electron chi connectivity index (χ3n) is 5.24. The van der Waals surface area contributed by atoms with Crippen molar-refractivity contribution in [3.8, 4) is 0 Å². The third-order valence-corrected chi connectivity index (χ3v) is 5.24. The molecule has 0 aromatic heterocycles. The maximum Gasteiger partial charge on any atom is 0.269 e. The van der Waals surface area contributed by atoms with Gasteiger partial charge in [-0.15, -0.1) is 24.0 Å². The van der Waals surface area contributed by atoms with Gasteiger partial charge in [-0.1, -0.05) is 12.1 Å². The van der Waals surface area contributed by atoms with Crippen LogP contribution in [-0.2, 0) is 0 Å². The molecule has 0 spiro atoms. The van der Waals surface area contributed by atoms with Crippen molar-refractivity contribution >= 4 is 47.0 Å². The van der Waals surface area contributed by atoms with Gasteiger partial charge in [0.15, 0.2) is 5.96 Å². The van der Waals surface area contributed by atoms with E-state index >= 15 is 0 Å². The standard InChI is InChI=1S/C22H30N6O2.HI/c1-17(18-6-5-7-21(16-18)27-14-3-4-15-27)26-22(23-2)25-13-12-24-19-8-10-20(11-9-19)28(29)30;/h5-11,16-17,24H,3-4,12-15H2,1-2H3,(H2,23,25,26);1H. The lowest BCUT2D eigenvalue weighted by Crippen LogP contribution is -2.40. The summed E-state index contributed by atoms with van der Waals surface area (Å²) in [6.45, 7) is 5.73. The maximum atomic E-state index is 10.7. The highest BCUT2D eigenvalue weighted by molar-refractivity contribution is 14.0. The van der Waals surface area contributed by atoms with Crippen molar-refractivity contribution in [3.05, 3.63) is 64.2 Å². The van der Waals surface area contributed by atoms with Crippen molar-refractivity contribution in [1.29, 1.82) is 0 Å². The number of guanidine groups is 1. The van der Waals surface area contributed by atoms with Gasteiger partial charge in [0.25, 0.3) is 5.69 Å². The summed E-state index contributed by atoms with van der Waals surface area (Å²) in [5, 5.41) is 20.7. The topological polar surface area (TPSA) is 94.8 Å². The molecule has 2 aromatic carbocycles. The van der Waals surface area contributed by atoms with Crippen LogP contribution in [0.25, 0.3) is 0 Å². The van der Waals surface area contributed by atoms with Gasteiger partial charge in [-0.05, 0) is 49.6 Å². The molecule has 1 aliphatic rings. The molecule has 8 nitrogen and oxygen atoms in total. The smallest absolute Gasteiger partial charge is 0.269 e. The van der Waals surface area contributed by atoms with Crippen molar-refractivity contribution in [2.24, 2.45) is 4.99 Å². The molecule has 1 aliphatic heterocycles. The Morgan fingerprint density at radius 1 is 1.16 bits per heavy atom. The first-order valence-electron chi connectivity index (χ1n) is 10.4. The number of aliphatic imine (C=N–C) groups is 1. The van der Waals surface area contributed by atoms with Gasteiger partial charge in [0.1, 0.15) is 0 Å². The molecule has 31 heavy (non-hydrogen) atoms. The first kappa shape index (κ1) is 24.7. The number of benzene rings is 2. The highest BCUT2D eigenvalue weighted by atomic mass is 127. The van der Waals surface area contributed by atoms with E-state index < -0.39 is 4.92 Å². The number of nitro groups is 1. The van der Waals surface area contributed by atoms with E-state index in [9.17, 15) is 10.1 Å². The van der Waals surface area contributed by atoms with Crippen molar-refractivity contribution in [3.63, 3.8) is 0 Å². The molecule has 0 saturated carbocycles. The number of nitro benzene ring substituents is 1. The number of halogens is 1. The van der Waals surface area contributed by atoms with Gasteiger partial charge in [0.2, 0.25) is 0 Å². The van der Waals surface area contributed by atoms with Gasteiger partial charge in [0.05, 0.1) is 11.0 Å². The average molecular weight is 538 g/mol. The number of hydrogen-bond donors (Lipinski definition) is 3. The SMILES string of the molecule is CN=C(NCCNc1ccc([N+](=O)[O-])cc1)NC(C)c1cccc(N2CCCC2)c1.I. The normalized spacial score (nSPS) is 14.5. The summed E-state index contributed by atoms with van der Waals surface area (Å²) in [7, 11) is 1.76. The van der Waals surface area contributed by atoms with E-state index in [1.165, 1.54) is 36.2 Å². The lowest BCUT2D eigenvalue weighted by molar-refractivity contribution is -0.384. The minimum absolute atomic E-state index is 0. The zero-order valence-electron chi connectivity index (χ0n) is 18.0. The van der Waals surface area contributed by atoms with Crippen molar-refractivity contribution in [2.45, 2.75) is 25.8 Å². The minimum atomic E-state index is -0.400. The maximum absolute atomic E-state index is 10.7. The highest BCUT2D eigenvalue weighted by Gasteiger charge is 2.14. The zero-order chi connectivity index (χ0) is 21.3. The van der Waals surface area contributed by atoms with Gasteiger partial charge in [-0.25, -0.2) is 0 Å². The molecule has 168 valence electrons. The molecule has 1 fully saturated rings. The molecule has 1 saturated heterocycles. The summed E-state index contributed by atoms with van der Waals surface area (Å²) in [6.07, 6.45) is 2.53. The van der Waals surface area contributed by atoms with Crippen LogP contribution in [-0.4, -0.2) is 44.1 Å². The number of hydrogen-bond acceptors (Lipinski definition) is 5. The second-order valence-electron chi connectivity index (χ2n) is 7.38. The summed E-state index contributed by atoms with van der Waals surface area (Å²) in [6, 6.07) is 15.2. The van der Waals surface area contributed by atoms with Crippen LogP contribution in [0, 0.1) is 10.1 Å². The van der Waals surface area contributed by atoms with Gasteiger partial charge in [-0.3, -0.25) is 15.1 Å². The van der Waals surface area contributed by atoms with Crippen LogP contribution in [0.1, 0.15) is 31.4 Å². The minimum Gasteiger partial charge on any atom is -0.383 e. The Bertz CT molecular complexity index is 869. The molecular formula is C22H31IN6O2. The molecule has 0 amide bonds. The molecule has 3 rings (SSSR count). The molecule has 3 N–H and O–H groups in total. The Balaban J connectivity index is 0.00000341. The van der Waals surface area contributed by atoms with Crippen LogP contribution in [0.2, 0.25) is 0 Å². The summed E-state index contributed by atoms with van der Waals surface area (Å²) >= 11 is 0. The van der Waals surface area contributed by atoms with Crippen LogP contribution < -0.4 is 20.9 Å². The molecule has 0 aliphatic carbocycles. The summed E-state index contributed by atoms with van der Waals surface area (Å²) < 4.78 is 0. The van der Waals surface area contributed by atoms with Crippen molar-refractivity contribution < 1.29 is 4.92 Å². The fraction of sp³-hybridized carbons (Fsp3) is 0.409. The van der Waals surface area contributed by atoms with Crippen LogP contribution in [0.15, 0.2) is 53.5 Å². The predicted molar refractivity (Wildman–Crippen MR) is 138 cm³/mol. The quantitative estimate of drug-likeness (QED) is 0.117. The molecule has 2 aromatic rings. The molecule has 1 unspecified atom stereocenters. The third kappa shape index (κ3) is 7.27. The molecular weight excluding hydrogens is 507 g/mol. The summed E-state index contributed by atoms with van der Waals surface area (Å²) in [5.41, 5.74) is 3.45. The Labute approximate surface area is 200 Å². The van der Waals surface area contributed by atoms with E-state index in [0.29, 0.717) is 13.1 Å². The van der Waals surface area contributed by atoms with Crippen molar-refractivity contribution in [1.82, 2.24) is 10.6 Å². The first-order chi connectivity index (χ1) is 14.6. The fourth-order valence-electron chi connectivity index (χ4n) is 3.54. The number of nitrogens with one attached hydrogen (secondary N) is 3. The van der Waals surface area contributed by atoms with Crippen molar-refractivity contribution in [2.75, 3.05) is 43.4 Å². The summed E-state index contributed by atoms with van der Waals surface area (Å²) in [5.74, 6) is 0.736. The molecule has 0 radical (unpaired) electrons. The largest absolute Gasteiger partial charge is 0.383 e. The molecule has 1 atom stereocenters. The van der Waals surface area contributed by atoms with E-state index in [1.54, 1.807) is 19.2 Å². The van der Waals surface area contributed by atoms with Crippen LogP contribution in [0.5, 0.6) is 0 Å². The number of nitrogens with zero attached hydrogens (tertiary/aromatic N) is 3. The van der Waals surface area contributed by atoms with Gasteiger partial charge in [-0.2, -0.15) is 0 Å². The Kier molecular flexibility index (Phi) is 9.83. The predicted octanol–water partition coefficient (Wildman–Crippen LogP) is 4.15. The van der Waals surface area contributed by atoms with Gasteiger partial charge < -0.3 is 20.9 Å². The number of non-ortho nitro benzene ring substituents is 1. The molecule has 1 heterocycles. The Morgan fingerprint density at radius 2 is 1.87 bits per heavy atom.